The van der Waals surface area contributed by atoms with Gasteiger partial charge in [-0.25, -0.2) is 19.9 Å². The number of aliphatic imine (C=N–C) groups is 1. The summed E-state index contributed by atoms with van der Waals surface area (Å²) in [5.41, 5.74) is 12.2. The molecule has 142 valence electrons. The van der Waals surface area contributed by atoms with Crippen LogP contribution in [0.1, 0.15) is 22.1 Å². The van der Waals surface area contributed by atoms with Gasteiger partial charge in [0.2, 0.25) is 0 Å². The molecule has 6 N–H and O–H groups in total. The number of halogens is 1. The van der Waals surface area contributed by atoms with Gasteiger partial charge in [-0.2, -0.15) is 5.10 Å². The Balaban J connectivity index is 1.58. The molecule has 0 unspecified atom stereocenters. The van der Waals surface area contributed by atoms with E-state index in [1.54, 1.807) is 36.4 Å². The number of nitrogens with zero attached hydrogens (tertiary/aromatic N) is 5. The number of carbonyl (C=O) groups excluding carboxylic acids is 1. The quantitative estimate of drug-likeness (QED) is 0.361. The third-order valence-electron chi connectivity index (χ3n) is 3.38. The van der Waals surface area contributed by atoms with Crippen LogP contribution in [-0.2, 0) is 6.54 Å². The molecule has 11 heteroatoms. The van der Waals surface area contributed by atoms with Crippen molar-refractivity contribution in [1.82, 2.24) is 30.5 Å². The number of nitrogen functional groups attached to an aromatic ring is 1. The smallest absolute Gasteiger partial charge is 0.274 e. The summed E-state index contributed by atoms with van der Waals surface area (Å²) < 4.78 is 0. The second-order valence-corrected chi connectivity index (χ2v) is 5.90. The van der Waals surface area contributed by atoms with Crippen LogP contribution in [0, 0.1) is 0 Å². The summed E-state index contributed by atoms with van der Waals surface area (Å²) in [6, 6.07) is 7.01. The van der Waals surface area contributed by atoms with Crippen LogP contribution in [0.15, 0.2) is 47.7 Å². The molecule has 1 aromatic carbocycles. The maximum absolute atomic E-state index is 12.0. The van der Waals surface area contributed by atoms with Crippen molar-refractivity contribution in [2.75, 3.05) is 5.73 Å². The Morgan fingerprint density at radius 3 is 2.93 bits per heavy atom. The predicted molar refractivity (Wildman–Crippen MR) is 106 cm³/mol. The Hall–Kier alpha value is -3.79. The van der Waals surface area contributed by atoms with E-state index in [4.69, 9.17) is 23.1 Å². The number of hydrogen-bond acceptors (Lipinski definition) is 7. The van der Waals surface area contributed by atoms with Crippen molar-refractivity contribution >= 4 is 40.9 Å². The molecule has 2 aromatic heterocycles. The van der Waals surface area contributed by atoms with Gasteiger partial charge in [-0.3, -0.25) is 9.89 Å². The minimum atomic E-state index is -0.461. The normalized spacial score (nSPS) is 11.7. The zero-order valence-electron chi connectivity index (χ0n) is 14.5. The van der Waals surface area contributed by atoms with Crippen LogP contribution in [0.2, 0.25) is 5.02 Å². The van der Waals surface area contributed by atoms with Crippen LogP contribution in [0.5, 0.6) is 0 Å². The van der Waals surface area contributed by atoms with Gasteiger partial charge in [-0.1, -0.05) is 17.7 Å². The number of hydrogen-bond donors (Lipinski definition) is 4. The molecule has 1 amide bonds. The molecule has 0 aliphatic heterocycles. The van der Waals surface area contributed by atoms with E-state index in [9.17, 15) is 4.79 Å². The number of anilines is 1. The van der Waals surface area contributed by atoms with Crippen LogP contribution in [0.3, 0.4) is 0 Å². The van der Waals surface area contributed by atoms with Gasteiger partial charge in [0.1, 0.15) is 11.7 Å². The molecule has 0 saturated carbocycles. The summed E-state index contributed by atoms with van der Waals surface area (Å²) in [4.78, 5) is 28.2. The molecule has 0 bridgehead atoms. The van der Waals surface area contributed by atoms with E-state index in [1.807, 2.05) is 0 Å². The van der Waals surface area contributed by atoms with Gasteiger partial charge >= 0.3 is 0 Å². The molecular weight excluding hydrogens is 382 g/mol. The standard InChI is InChI=1S/C17H16ClN9O/c18-10-2-1-3-11(8-10)24-12(19)4-5-13-25-14(27-26-13)9-23-17(28)15-16(20)22-7-6-21-15/h1-8H,9H2,(H2,19,24)(H2,20,22)(H,23,28)(H,25,26,27)/b5-4-. The summed E-state index contributed by atoms with van der Waals surface area (Å²) in [6.45, 7) is 0.113. The number of nitrogens with two attached hydrogens (primary N) is 2. The van der Waals surface area contributed by atoms with Crippen LogP contribution >= 0.6 is 11.6 Å². The number of amides is 1. The SMILES string of the molecule is NC(/C=C\c1n[nH]c(CNC(=O)c2nccnc2N)n1)=Nc1cccc(Cl)c1. The Morgan fingerprint density at radius 2 is 2.14 bits per heavy atom. The first-order chi connectivity index (χ1) is 13.5. The molecular formula is C17H16ClN9O. The van der Waals surface area contributed by atoms with Gasteiger partial charge in [0.05, 0.1) is 12.2 Å². The van der Waals surface area contributed by atoms with Crippen LogP contribution in [0.25, 0.3) is 6.08 Å². The molecule has 2 heterocycles. The third-order valence-corrected chi connectivity index (χ3v) is 3.61. The first-order valence-electron chi connectivity index (χ1n) is 8.05. The maximum Gasteiger partial charge on any atom is 0.274 e. The number of H-pyrrole nitrogens is 1. The molecule has 10 nitrogen and oxygen atoms in total. The summed E-state index contributed by atoms with van der Waals surface area (Å²) in [5, 5.41) is 9.94. The van der Waals surface area contributed by atoms with Crippen molar-refractivity contribution < 1.29 is 4.79 Å². The molecule has 0 saturated heterocycles. The van der Waals surface area contributed by atoms with E-state index < -0.39 is 5.91 Å². The highest BCUT2D eigenvalue weighted by molar-refractivity contribution is 6.30. The highest BCUT2D eigenvalue weighted by Gasteiger charge is 2.12. The van der Waals surface area contributed by atoms with E-state index in [2.05, 4.69) is 35.5 Å². The van der Waals surface area contributed by atoms with Crippen molar-refractivity contribution in [1.29, 1.82) is 0 Å². The average molecular weight is 398 g/mol. The molecule has 3 rings (SSSR count). The fraction of sp³-hybridized carbons (Fsp3) is 0.0588. The summed E-state index contributed by atoms with van der Waals surface area (Å²) >= 11 is 5.91. The van der Waals surface area contributed by atoms with Crippen molar-refractivity contribution in [2.24, 2.45) is 10.7 Å². The number of aromatic nitrogens is 5. The van der Waals surface area contributed by atoms with Gasteiger partial charge < -0.3 is 16.8 Å². The van der Waals surface area contributed by atoms with E-state index in [0.717, 1.165) is 0 Å². The number of benzene rings is 1. The van der Waals surface area contributed by atoms with Gasteiger partial charge in [0.15, 0.2) is 17.3 Å². The minimum absolute atomic E-state index is 0.0483. The molecule has 0 fully saturated rings. The fourth-order valence-corrected chi connectivity index (χ4v) is 2.31. The van der Waals surface area contributed by atoms with Gasteiger partial charge in [-0.15, -0.1) is 0 Å². The second kappa shape index (κ2) is 8.73. The molecule has 28 heavy (non-hydrogen) atoms. The van der Waals surface area contributed by atoms with Crippen LogP contribution in [-0.4, -0.2) is 36.9 Å². The number of carbonyl (C=O) groups is 1. The third kappa shape index (κ3) is 5.11. The average Bonchev–Trinajstić information content (AvgIpc) is 3.13. The van der Waals surface area contributed by atoms with E-state index in [0.29, 0.717) is 22.4 Å². The van der Waals surface area contributed by atoms with E-state index >= 15 is 0 Å². The topological polar surface area (TPSA) is 161 Å². The number of nitrogens with one attached hydrogen (secondary N) is 2. The molecule has 3 aromatic rings. The van der Waals surface area contributed by atoms with Gasteiger partial charge in [0.25, 0.3) is 5.91 Å². The highest BCUT2D eigenvalue weighted by Crippen LogP contribution is 2.17. The Bertz CT molecular complexity index is 1040. The summed E-state index contributed by atoms with van der Waals surface area (Å²) in [6.07, 6.45) is 5.94. The molecule has 0 spiro atoms. The lowest BCUT2D eigenvalue weighted by Gasteiger charge is -2.03. The van der Waals surface area contributed by atoms with E-state index in [-0.39, 0.29) is 23.9 Å². The van der Waals surface area contributed by atoms with Crippen molar-refractivity contribution in [3.63, 3.8) is 0 Å². The molecule has 0 radical (unpaired) electrons. The zero-order chi connectivity index (χ0) is 19.9. The Kier molecular flexibility index (Phi) is 5.92. The largest absolute Gasteiger partial charge is 0.384 e. The van der Waals surface area contributed by atoms with Crippen LogP contribution in [0.4, 0.5) is 11.5 Å². The Morgan fingerprint density at radius 1 is 1.32 bits per heavy atom. The lowest BCUT2D eigenvalue weighted by Crippen LogP contribution is -2.25. The number of aromatic amines is 1. The Labute approximate surface area is 164 Å². The monoisotopic (exact) mass is 397 g/mol. The minimum Gasteiger partial charge on any atom is -0.384 e. The van der Waals surface area contributed by atoms with Crippen LogP contribution < -0.4 is 16.8 Å². The first kappa shape index (κ1) is 19.0. The lowest BCUT2D eigenvalue weighted by atomic mass is 10.3. The zero-order valence-corrected chi connectivity index (χ0v) is 15.3. The lowest BCUT2D eigenvalue weighted by molar-refractivity contribution is 0.0945. The predicted octanol–water partition coefficient (Wildman–Crippen LogP) is 1.46. The number of rotatable bonds is 6. The maximum atomic E-state index is 12.0. The molecule has 0 aliphatic rings. The van der Waals surface area contributed by atoms with E-state index in [1.165, 1.54) is 12.4 Å². The van der Waals surface area contributed by atoms with Crippen molar-refractivity contribution in [3.05, 3.63) is 65.1 Å². The molecule has 0 atom stereocenters. The highest BCUT2D eigenvalue weighted by atomic mass is 35.5. The van der Waals surface area contributed by atoms with Gasteiger partial charge in [-0.05, 0) is 30.4 Å². The first-order valence-corrected chi connectivity index (χ1v) is 8.43. The van der Waals surface area contributed by atoms with Gasteiger partial charge in [0, 0.05) is 17.4 Å². The summed E-state index contributed by atoms with van der Waals surface area (Å²) in [7, 11) is 0. The molecule has 0 aliphatic carbocycles. The second-order valence-electron chi connectivity index (χ2n) is 5.46. The van der Waals surface area contributed by atoms with Crippen molar-refractivity contribution in [3.8, 4) is 0 Å². The summed E-state index contributed by atoms with van der Waals surface area (Å²) in [5.74, 6) is 0.681. The number of amidine groups is 1. The van der Waals surface area contributed by atoms with Crippen molar-refractivity contribution in [2.45, 2.75) is 6.54 Å². The fourth-order valence-electron chi connectivity index (χ4n) is 2.13.